The van der Waals surface area contributed by atoms with Crippen LogP contribution in [0, 0.1) is 6.92 Å². The molecule has 0 spiro atoms. The van der Waals surface area contributed by atoms with Gasteiger partial charge in [0.15, 0.2) is 0 Å². The highest BCUT2D eigenvalue weighted by molar-refractivity contribution is 5.77. The maximum atomic E-state index is 12.2. The van der Waals surface area contributed by atoms with Crippen LogP contribution in [-0.2, 0) is 24.3 Å². The number of fused-ring (bicyclic) bond motifs is 1. The summed E-state index contributed by atoms with van der Waals surface area (Å²) in [5.74, 6) is 0.185. The van der Waals surface area contributed by atoms with Gasteiger partial charge in [0.25, 0.3) is 0 Å². The summed E-state index contributed by atoms with van der Waals surface area (Å²) in [5, 5.41) is 0. The topological polar surface area (TPSA) is 46.1 Å². The number of aromatic nitrogens is 2. The zero-order valence-corrected chi connectivity index (χ0v) is 11.5. The minimum absolute atomic E-state index is 0.185. The Balaban J connectivity index is 1.59. The van der Waals surface area contributed by atoms with E-state index in [9.17, 15) is 4.79 Å². The van der Waals surface area contributed by atoms with Crippen LogP contribution in [0.15, 0.2) is 36.8 Å². The molecule has 2 heterocycles. The van der Waals surface area contributed by atoms with Crippen molar-refractivity contribution in [2.45, 2.75) is 32.9 Å². The monoisotopic (exact) mass is 267 g/mol. The van der Waals surface area contributed by atoms with Crippen molar-refractivity contribution < 1.29 is 4.79 Å². The van der Waals surface area contributed by atoms with Crippen molar-refractivity contribution in [3.8, 4) is 0 Å². The standard InChI is InChI=1S/C16H17N3O/c1-12-3-2-4-13(7-12)5-6-16(20)19-9-14-8-17-11-18-15(14)10-19/h2-4,7-8,11H,5-6,9-10H2,1H3. The van der Waals surface area contributed by atoms with E-state index in [1.54, 1.807) is 12.5 Å². The van der Waals surface area contributed by atoms with Crippen molar-refractivity contribution in [2.75, 3.05) is 0 Å². The molecule has 1 aromatic carbocycles. The molecule has 0 bridgehead atoms. The number of benzene rings is 1. The summed E-state index contributed by atoms with van der Waals surface area (Å²) < 4.78 is 0. The summed E-state index contributed by atoms with van der Waals surface area (Å²) in [5.41, 5.74) is 4.49. The number of aryl methyl sites for hydroxylation is 2. The predicted octanol–water partition coefficient (Wildman–Crippen LogP) is 2.26. The molecule has 4 nitrogen and oxygen atoms in total. The van der Waals surface area contributed by atoms with Gasteiger partial charge in [-0.1, -0.05) is 29.8 Å². The molecule has 0 aliphatic carbocycles. The fourth-order valence-corrected chi connectivity index (χ4v) is 2.55. The minimum atomic E-state index is 0.185. The minimum Gasteiger partial charge on any atom is -0.332 e. The molecular weight excluding hydrogens is 250 g/mol. The maximum Gasteiger partial charge on any atom is 0.223 e. The quantitative estimate of drug-likeness (QED) is 0.857. The second kappa shape index (κ2) is 5.41. The predicted molar refractivity (Wildman–Crippen MR) is 75.8 cm³/mol. The number of carbonyl (C=O) groups excluding carboxylic acids is 1. The smallest absolute Gasteiger partial charge is 0.223 e. The molecule has 4 heteroatoms. The average molecular weight is 267 g/mol. The Kier molecular flexibility index (Phi) is 3.46. The van der Waals surface area contributed by atoms with Crippen LogP contribution in [0.4, 0.5) is 0 Å². The van der Waals surface area contributed by atoms with E-state index in [-0.39, 0.29) is 5.91 Å². The Morgan fingerprint density at radius 3 is 3.05 bits per heavy atom. The van der Waals surface area contributed by atoms with Crippen LogP contribution in [0.2, 0.25) is 0 Å². The first-order chi connectivity index (χ1) is 9.72. The Labute approximate surface area is 118 Å². The van der Waals surface area contributed by atoms with Gasteiger partial charge in [0.05, 0.1) is 12.2 Å². The molecule has 0 saturated carbocycles. The van der Waals surface area contributed by atoms with Gasteiger partial charge in [0.2, 0.25) is 5.91 Å². The van der Waals surface area contributed by atoms with Crippen molar-refractivity contribution in [2.24, 2.45) is 0 Å². The van der Waals surface area contributed by atoms with E-state index in [2.05, 4.69) is 35.1 Å². The highest BCUT2D eigenvalue weighted by Gasteiger charge is 2.23. The second-order valence-corrected chi connectivity index (χ2v) is 5.23. The number of rotatable bonds is 3. The number of carbonyl (C=O) groups is 1. The number of hydrogen-bond acceptors (Lipinski definition) is 3. The molecule has 1 aliphatic rings. The Hall–Kier alpha value is -2.23. The largest absolute Gasteiger partial charge is 0.332 e. The molecule has 1 aromatic heterocycles. The van der Waals surface area contributed by atoms with Gasteiger partial charge >= 0.3 is 0 Å². The van der Waals surface area contributed by atoms with Gasteiger partial charge in [-0.25, -0.2) is 9.97 Å². The molecule has 0 atom stereocenters. The van der Waals surface area contributed by atoms with E-state index in [1.807, 2.05) is 11.0 Å². The normalized spacial score (nSPS) is 13.3. The van der Waals surface area contributed by atoms with Gasteiger partial charge in [-0.15, -0.1) is 0 Å². The van der Waals surface area contributed by atoms with Gasteiger partial charge in [0, 0.05) is 24.7 Å². The molecule has 20 heavy (non-hydrogen) atoms. The van der Waals surface area contributed by atoms with E-state index in [1.165, 1.54) is 11.1 Å². The highest BCUT2D eigenvalue weighted by atomic mass is 16.2. The summed E-state index contributed by atoms with van der Waals surface area (Å²) in [6.45, 7) is 3.33. The third-order valence-electron chi connectivity index (χ3n) is 3.65. The molecule has 0 N–H and O–H groups in total. The van der Waals surface area contributed by atoms with E-state index >= 15 is 0 Å². The summed E-state index contributed by atoms with van der Waals surface area (Å²) in [6.07, 6.45) is 4.68. The molecule has 0 saturated heterocycles. The van der Waals surface area contributed by atoms with Gasteiger partial charge in [-0.3, -0.25) is 4.79 Å². The first-order valence-electron chi connectivity index (χ1n) is 6.83. The van der Waals surface area contributed by atoms with E-state index in [0.29, 0.717) is 19.5 Å². The van der Waals surface area contributed by atoms with E-state index in [4.69, 9.17) is 0 Å². The van der Waals surface area contributed by atoms with Crippen LogP contribution < -0.4 is 0 Å². The van der Waals surface area contributed by atoms with Crippen LogP contribution in [0.1, 0.15) is 28.8 Å². The number of nitrogens with zero attached hydrogens (tertiary/aromatic N) is 3. The fourth-order valence-electron chi connectivity index (χ4n) is 2.55. The maximum absolute atomic E-state index is 12.2. The summed E-state index contributed by atoms with van der Waals surface area (Å²) in [4.78, 5) is 22.3. The lowest BCUT2D eigenvalue weighted by molar-refractivity contribution is -0.131. The Morgan fingerprint density at radius 1 is 1.35 bits per heavy atom. The SMILES string of the molecule is Cc1cccc(CCC(=O)N2Cc3cncnc3C2)c1. The van der Waals surface area contributed by atoms with Crippen molar-refractivity contribution >= 4 is 5.91 Å². The van der Waals surface area contributed by atoms with E-state index in [0.717, 1.165) is 17.7 Å². The highest BCUT2D eigenvalue weighted by Crippen LogP contribution is 2.20. The summed E-state index contributed by atoms with van der Waals surface area (Å²) in [6, 6.07) is 8.32. The molecule has 2 aromatic rings. The van der Waals surface area contributed by atoms with Crippen molar-refractivity contribution in [1.29, 1.82) is 0 Å². The molecular formula is C16H17N3O. The van der Waals surface area contributed by atoms with Crippen molar-refractivity contribution in [1.82, 2.24) is 14.9 Å². The third kappa shape index (κ3) is 2.69. The van der Waals surface area contributed by atoms with Crippen LogP contribution in [0.25, 0.3) is 0 Å². The number of hydrogen-bond donors (Lipinski definition) is 0. The zero-order valence-electron chi connectivity index (χ0n) is 11.5. The molecule has 102 valence electrons. The first-order valence-corrected chi connectivity index (χ1v) is 6.83. The molecule has 1 aliphatic heterocycles. The Morgan fingerprint density at radius 2 is 2.25 bits per heavy atom. The fraction of sp³-hybridized carbons (Fsp3) is 0.312. The molecule has 0 fully saturated rings. The third-order valence-corrected chi connectivity index (χ3v) is 3.65. The van der Waals surface area contributed by atoms with Gasteiger partial charge in [-0.05, 0) is 18.9 Å². The lowest BCUT2D eigenvalue weighted by Gasteiger charge is -2.15. The van der Waals surface area contributed by atoms with Gasteiger partial charge < -0.3 is 4.90 Å². The first kappa shape index (κ1) is 12.8. The molecule has 3 rings (SSSR count). The van der Waals surface area contributed by atoms with Crippen LogP contribution >= 0.6 is 0 Å². The van der Waals surface area contributed by atoms with Crippen molar-refractivity contribution in [3.63, 3.8) is 0 Å². The molecule has 1 amide bonds. The lowest BCUT2D eigenvalue weighted by Crippen LogP contribution is -2.25. The molecule has 0 unspecified atom stereocenters. The van der Waals surface area contributed by atoms with Crippen molar-refractivity contribution in [3.05, 3.63) is 59.2 Å². The summed E-state index contributed by atoms with van der Waals surface area (Å²) in [7, 11) is 0. The zero-order chi connectivity index (χ0) is 13.9. The number of amides is 1. The second-order valence-electron chi connectivity index (χ2n) is 5.23. The Bertz CT molecular complexity index is 614. The average Bonchev–Trinajstić information content (AvgIpc) is 2.89. The van der Waals surface area contributed by atoms with Crippen LogP contribution in [0.3, 0.4) is 0 Å². The van der Waals surface area contributed by atoms with E-state index < -0.39 is 0 Å². The summed E-state index contributed by atoms with van der Waals surface area (Å²) >= 11 is 0. The van der Waals surface area contributed by atoms with Crippen LogP contribution in [-0.4, -0.2) is 20.8 Å². The van der Waals surface area contributed by atoms with Crippen LogP contribution in [0.5, 0.6) is 0 Å². The lowest BCUT2D eigenvalue weighted by atomic mass is 10.1. The van der Waals surface area contributed by atoms with Gasteiger partial charge in [-0.2, -0.15) is 0 Å². The molecule has 0 radical (unpaired) electrons. The van der Waals surface area contributed by atoms with Gasteiger partial charge in [0.1, 0.15) is 6.33 Å².